The summed E-state index contributed by atoms with van der Waals surface area (Å²) in [6.45, 7) is 3.86. The molecule has 0 aliphatic heterocycles. The number of esters is 1. The molecule has 3 aromatic rings. The largest absolute Gasteiger partial charge is 0.446 e. The van der Waals surface area contributed by atoms with E-state index >= 15 is 0 Å². The fraction of sp³-hybridized carbons (Fsp3) is 0.120. The van der Waals surface area contributed by atoms with Crippen LogP contribution in [-0.2, 0) is 9.53 Å². The van der Waals surface area contributed by atoms with Crippen molar-refractivity contribution in [3.05, 3.63) is 113 Å². The van der Waals surface area contributed by atoms with Gasteiger partial charge in [-0.15, -0.1) is 0 Å². The molecule has 1 atom stereocenters. The molecular weight excluding hydrogens is 367 g/mol. The molecular formula is C25H21FO3. The Hall–Kier alpha value is -3.53. The van der Waals surface area contributed by atoms with E-state index < -0.39 is 17.9 Å². The van der Waals surface area contributed by atoms with Crippen molar-refractivity contribution in [2.24, 2.45) is 0 Å². The van der Waals surface area contributed by atoms with Crippen molar-refractivity contribution in [1.29, 1.82) is 0 Å². The van der Waals surface area contributed by atoms with Crippen LogP contribution in [-0.4, -0.2) is 11.8 Å². The van der Waals surface area contributed by atoms with Crippen LogP contribution >= 0.6 is 0 Å². The van der Waals surface area contributed by atoms with Gasteiger partial charge < -0.3 is 4.74 Å². The zero-order chi connectivity index (χ0) is 20.8. The van der Waals surface area contributed by atoms with E-state index in [1.807, 2.05) is 38.1 Å². The smallest absolute Gasteiger partial charge is 0.331 e. The summed E-state index contributed by atoms with van der Waals surface area (Å²) in [6.07, 6.45) is 1.37. The number of hydrogen-bond acceptors (Lipinski definition) is 3. The predicted molar refractivity (Wildman–Crippen MR) is 111 cm³/mol. The molecule has 0 aliphatic rings. The Morgan fingerprint density at radius 3 is 2.07 bits per heavy atom. The summed E-state index contributed by atoms with van der Waals surface area (Å²) in [5, 5.41) is 0. The van der Waals surface area contributed by atoms with Crippen molar-refractivity contribution in [2.75, 3.05) is 0 Å². The lowest BCUT2D eigenvalue weighted by atomic mass is 9.98. The molecule has 0 amide bonds. The van der Waals surface area contributed by atoms with Crippen LogP contribution in [0.4, 0.5) is 4.39 Å². The lowest BCUT2D eigenvalue weighted by Gasteiger charge is -2.17. The fourth-order valence-electron chi connectivity index (χ4n) is 2.81. The normalized spacial score (nSPS) is 12.0. The lowest BCUT2D eigenvalue weighted by molar-refractivity contribution is -0.141. The van der Waals surface area contributed by atoms with E-state index in [9.17, 15) is 14.0 Å². The summed E-state index contributed by atoms with van der Waals surface area (Å²) in [7, 11) is 0. The van der Waals surface area contributed by atoms with Gasteiger partial charge in [0.05, 0.1) is 0 Å². The van der Waals surface area contributed by atoms with Crippen molar-refractivity contribution in [2.45, 2.75) is 20.0 Å². The Morgan fingerprint density at radius 1 is 0.862 bits per heavy atom. The molecule has 29 heavy (non-hydrogen) atoms. The maximum atomic E-state index is 13.7. The summed E-state index contributed by atoms with van der Waals surface area (Å²) in [6, 6.07) is 20.4. The number of carbonyl (C=O) groups excluding carboxylic acids is 2. The number of halogens is 1. The van der Waals surface area contributed by atoms with Crippen molar-refractivity contribution < 1.29 is 18.7 Å². The first-order chi connectivity index (χ1) is 13.9. The van der Waals surface area contributed by atoms with Gasteiger partial charge in [0.15, 0.2) is 6.10 Å². The monoisotopic (exact) mass is 388 g/mol. The second kappa shape index (κ2) is 9.11. The molecule has 146 valence electrons. The number of ketones is 1. The Labute approximate surface area is 169 Å². The van der Waals surface area contributed by atoms with Crippen LogP contribution < -0.4 is 0 Å². The second-order valence-electron chi connectivity index (χ2n) is 6.81. The predicted octanol–water partition coefficient (Wildman–Crippen LogP) is 5.62. The maximum Gasteiger partial charge on any atom is 0.331 e. The number of ether oxygens (including phenoxy) is 1. The molecule has 0 aromatic heterocycles. The average molecular weight is 388 g/mol. The molecule has 0 bridgehead atoms. The minimum atomic E-state index is -1.09. The van der Waals surface area contributed by atoms with E-state index in [0.29, 0.717) is 11.1 Å². The molecule has 0 unspecified atom stereocenters. The molecule has 0 heterocycles. The molecule has 0 fully saturated rings. The Balaban J connectivity index is 1.85. The van der Waals surface area contributed by atoms with Crippen LogP contribution in [0, 0.1) is 19.7 Å². The SMILES string of the molecule is Cc1ccc(C(=O)[C@@H](OC(=O)/C=C/c2ccccc2F)c2ccc(C)cc2)cc1. The first kappa shape index (κ1) is 20.2. The summed E-state index contributed by atoms with van der Waals surface area (Å²) < 4.78 is 19.2. The number of Topliss-reactive ketones (excluding diaryl/α,β-unsaturated/α-hetero) is 1. The van der Waals surface area contributed by atoms with Gasteiger partial charge in [0, 0.05) is 22.8 Å². The van der Waals surface area contributed by atoms with Crippen LogP contribution in [0.25, 0.3) is 6.08 Å². The number of hydrogen-bond donors (Lipinski definition) is 0. The van der Waals surface area contributed by atoms with Crippen LogP contribution in [0.1, 0.15) is 38.7 Å². The average Bonchev–Trinajstić information content (AvgIpc) is 2.72. The van der Waals surface area contributed by atoms with Gasteiger partial charge >= 0.3 is 5.97 Å². The van der Waals surface area contributed by atoms with Gasteiger partial charge in [-0.05, 0) is 26.0 Å². The van der Waals surface area contributed by atoms with Gasteiger partial charge in [0.1, 0.15) is 5.82 Å². The number of aryl methyl sites for hydroxylation is 2. The van der Waals surface area contributed by atoms with Gasteiger partial charge in [-0.1, -0.05) is 77.9 Å². The van der Waals surface area contributed by atoms with E-state index in [1.54, 1.807) is 42.5 Å². The number of rotatable bonds is 6. The second-order valence-corrected chi connectivity index (χ2v) is 6.81. The molecule has 0 aliphatic carbocycles. The highest BCUT2D eigenvalue weighted by Crippen LogP contribution is 2.24. The van der Waals surface area contributed by atoms with E-state index in [4.69, 9.17) is 4.74 Å². The van der Waals surface area contributed by atoms with Crippen molar-refractivity contribution in [1.82, 2.24) is 0 Å². The fourth-order valence-corrected chi connectivity index (χ4v) is 2.81. The molecule has 3 aromatic carbocycles. The van der Waals surface area contributed by atoms with Crippen LogP contribution in [0.2, 0.25) is 0 Å². The molecule has 0 spiro atoms. The minimum absolute atomic E-state index is 0.265. The summed E-state index contributed by atoms with van der Waals surface area (Å²) >= 11 is 0. The van der Waals surface area contributed by atoms with Crippen molar-refractivity contribution >= 4 is 17.8 Å². The standard InChI is InChI=1S/C25H21FO3/c1-17-7-11-20(12-8-17)24(28)25(21-13-9-18(2)10-14-21)29-23(27)16-15-19-5-3-4-6-22(19)26/h3-16,25H,1-2H3/b16-15+/t25-/m0/s1. The van der Waals surface area contributed by atoms with Crippen LogP contribution in [0.5, 0.6) is 0 Å². The van der Waals surface area contributed by atoms with Crippen molar-refractivity contribution in [3.63, 3.8) is 0 Å². The highest BCUT2D eigenvalue weighted by molar-refractivity contribution is 6.01. The number of carbonyl (C=O) groups is 2. The molecule has 0 radical (unpaired) electrons. The summed E-state index contributed by atoms with van der Waals surface area (Å²) in [5.74, 6) is -1.48. The zero-order valence-electron chi connectivity index (χ0n) is 16.3. The van der Waals surface area contributed by atoms with Gasteiger partial charge in [-0.2, -0.15) is 0 Å². The first-order valence-electron chi connectivity index (χ1n) is 9.25. The van der Waals surface area contributed by atoms with Crippen LogP contribution in [0.15, 0.2) is 78.9 Å². The van der Waals surface area contributed by atoms with E-state index in [1.165, 1.54) is 12.1 Å². The third-order valence-corrected chi connectivity index (χ3v) is 4.49. The van der Waals surface area contributed by atoms with Gasteiger partial charge in [-0.3, -0.25) is 4.79 Å². The van der Waals surface area contributed by atoms with Gasteiger partial charge in [0.25, 0.3) is 0 Å². The topological polar surface area (TPSA) is 43.4 Å². The Morgan fingerprint density at radius 2 is 1.45 bits per heavy atom. The Kier molecular flexibility index (Phi) is 6.35. The zero-order valence-corrected chi connectivity index (χ0v) is 16.3. The highest BCUT2D eigenvalue weighted by atomic mass is 19.1. The molecule has 4 heteroatoms. The molecule has 0 saturated carbocycles. The summed E-state index contributed by atoms with van der Waals surface area (Å²) in [4.78, 5) is 25.4. The molecule has 0 N–H and O–H groups in total. The quantitative estimate of drug-likeness (QED) is 0.313. The highest BCUT2D eigenvalue weighted by Gasteiger charge is 2.25. The van der Waals surface area contributed by atoms with E-state index in [2.05, 4.69) is 0 Å². The lowest BCUT2D eigenvalue weighted by Crippen LogP contribution is -2.19. The number of benzene rings is 3. The maximum absolute atomic E-state index is 13.7. The minimum Gasteiger partial charge on any atom is -0.446 e. The Bertz CT molecular complexity index is 1030. The van der Waals surface area contributed by atoms with Crippen LogP contribution in [0.3, 0.4) is 0 Å². The van der Waals surface area contributed by atoms with Gasteiger partial charge in [-0.25, -0.2) is 9.18 Å². The van der Waals surface area contributed by atoms with Gasteiger partial charge in [0.2, 0.25) is 5.78 Å². The molecule has 3 nitrogen and oxygen atoms in total. The first-order valence-corrected chi connectivity index (χ1v) is 9.25. The third-order valence-electron chi connectivity index (χ3n) is 4.49. The summed E-state index contributed by atoms with van der Waals surface area (Å²) in [5.41, 5.74) is 3.35. The van der Waals surface area contributed by atoms with E-state index in [0.717, 1.165) is 17.2 Å². The molecule has 0 saturated heterocycles. The molecule has 3 rings (SSSR count). The van der Waals surface area contributed by atoms with Crippen molar-refractivity contribution in [3.8, 4) is 0 Å². The third kappa shape index (κ3) is 5.26. The van der Waals surface area contributed by atoms with E-state index in [-0.39, 0.29) is 11.3 Å².